The topological polar surface area (TPSA) is 43.8 Å². The van der Waals surface area contributed by atoms with Crippen LogP contribution < -0.4 is 14.4 Å². The average Bonchev–Trinajstić information content (AvgIpc) is 2.65. The van der Waals surface area contributed by atoms with Crippen LogP contribution in [0.3, 0.4) is 0 Å². The fourth-order valence-corrected chi connectivity index (χ4v) is 3.48. The average molecular weight is 466 g/mol. The fourth-order valence-electron chi connectivity index (χ4n) is 3.48. The van der Waals surface area contributed by atoms with E-state index in [1.807, 2.05) is 6.92 Å². The molecule has 2 aromatic rings. The smallest absolute Gasteiger partial charge is 0.417 e. The molecule has 11 heteroatoms. The molecule has 1 aromatic heterocycles. The molecule has 3 rings (SSSR count). The van der Waals surface area contributed by atoms with Crippen LogP contribution in [0.25, 0.3) is 10.9 Å². The van der Waals surface area contributed by atoms with E-state index >= 15 is 0 Å². The summed E-state index contributed by atoms with van der Waals surface area (Å²) in [7, 11) is 0. The highest BCUT2D eigenvalue weighted by atomic mass is 19.4. The molecule has 0 amide bonds. The van der Waals surface area contributed by atoms with Crippen molar-refractivity contribution in [1.82, 2.24) is 4.98 Å². The van der Waals surface area contributed by atoms with Gasteiger partial charge in [-0.25, -0.2) is 4.98 Å². The Bertz CT molecular complexity index is 946. The maximum atomic E-state index is 13.8. The summed E-state index contributed by atoms with van der Waals surface area (Å²) >= 11 is 0. The van der Waals surface area contributed by atoms with Gasteiger partial charge in [-0.15, -0.1) is 0 Å². The molecule has 0 N–H and O–H groups in total. The number of pyridine rings is 1. The third-order valence-electron chi connectivity index (χ3n) is 4.72. The van der Waals surface area contributed by atoms with Gasteiger partial charge in [-0.2, -0.15) is 26.3 Å². The van der Waals surface area contributed by atoms with Crippen molar-refractivity contribution in [3.05, 3.63) is 23.8 Å². The summed E-state index contributed by atoms with van der Waals surface area (Å²) in [5.74, 6) is -0.204. The molecule has 178 valence electrons. The molecule has 1 unspecified atom stereocenters. The number of ether oxygens (including phenoxy) is 3. The van der Waals surface area contributed by atoms with E-state index in [0.717, 1.165) is 17.0 Å². The van der Waals surface area contributed by atoms with Crippen molar-refractivity contribution >= 4 is 16.6 Å². The Morgan fingerprint density at radius 3 is 2.47 bits per heavy atom. The molecule has 1 aliphatic rings. The predicted octanol–water partition coefficient (Wildman–Crippen LogP) is 5.60. The molecule has 5 nitrogen and oxygen atoms in total. The zero-order chi connectivity index (χ0) is 23.7. The summed E-state index contributed by atoms with van der Waals surface area (Å²) in [5, 5.41) is -0.335. The van der Waals surface area contributed by atoms with Crippen LogP contribution in [0.1, 0.15) is 32.8 Å². The van der Waals surface area contributed by atoms with Gasteiger partial charge < -0.3 is 19.1 Å². The number of hydrogen-bond donors (Lipinski definition) is 0. The molecule has 0 saturated heterocycles. The summed E-state index contributed by atoms with van der Waals surface area (Å²) in [5.41, 5.74) is -1.21. The molecule has 32 heavy (non-hydrogen) atoms. The minimum absolute atomic E-state index is 0.0239. The normalized spacial score (nSPS) is 16.9. The third-order valence-corrected chi connectivity index (χ3v) is 4.72. The number of benzene rings is 1. The highest BCUT2D eigenvalue weighted by molar-refractivity contribution is 5.90. The molecular formula is C21H24F6N2O3. The largest absolute Gasteiger partial charge is 0.489 e. The second kappa shape index (κ2) is 9.21. The van der Waals surface area contributed by atoms with E-state index in [4.69, 9.17) is 14.2 Å². The van der Waals surface area contributed by atoms with Gasteiger partial charge in [-0.3, -0.25) is 0 Å². The third kappa shape index (κ3) is 5.67. The minimum Gasteiger partial charge on any atom is -0.489 e. The van der Waals surface area contributed by atoms with Crippen molar-refractivity contribution in [2.45, 2.75) is 51.7 Å². The number of fused-ring (bicyclic) bond motifs is 2. The first-order chi connectivity index (χ1) is 14.9. The lowest BCUT2D eigenvalue weighted by atomic mass is 10.0. The van der Waals surface area contributed by atoms with E-state index in [1.54, 1.807) is 13.8 Å². The van der Waals surface area contributed by atoms with Crippen molar-refractivity contribution in [3.8, 4) is 11.6 Å². The van der Waals surface area contributed by atoms with Crippen molar-refractivity contribution in [2.24, 2.45) is 0 Å². The number of anilines is 1. The summed E-state index contributed by atoms with van der Waals surface area (Å²) in [6, 6.07) is 2.23. The second-order valence-electron chi connectivity index (χ2n) is 7.79. The van der Waals surface area contributed by atoms with Gasteiger partial charge in [0.25, 0.3) is 0 Å². The lowest BCUT2D eigenvalue weighted by Crippen LogP contribution is -2.50. The highest BCUT2D eigenvalue weighted by Gasteiger charge is 2.39. The lowest BCUT2D eigenvalue weighted by molar-refractivity contribution is -0.136. The molecule has 0 radical (unpaired) electrons. The van der Waals surface area contributed by atoms with E-state index in [9.17, 15) is 26.3 Å². The van der Waals surface area contributed by atoms with Crippen LogP contribution in [0.15, 0.2) is 18.2 Å². The van der Waals surface area contributed by atoms with Gasteiger partial charge >= 0.3 is 12.4 Å². The van der Waals surface area contributed by atoms with Gasteiger partial charge in [0.15, 0.2) is 0 Å². The monoisotopic (exact) mass is 466 g/mol. The second-order valence-corrected chi connectivity index (χ2v) is 7.79. The summed E-state index contributed by atoms with van der Waals surface area (Å²) < 4.78 is 97.7. The Labute approximate surface area is 181 Å². The maximum absolute atomic E-state index is 13.8. The minimum atomic E-state index is -4.77. The van der Waals surface area contributed by atoms with Gasteiger partial charge in [-0.1, -0.05) is 6.92 Å². The number of alkyl halides is 6. The number of hydrogen-bond acceptors (Lipinski definition) is 5. The van der Waals surface area contributed by atoms with E-state index < -0.39 is 36.6 Å². The highest BCUT2D eigenvalue weighted by Crippen LogP contribution is 2.43. The van der Waals surface area contributed by atoms with Crippen LogP contribution in [0.5, 0.6) is 11.6 Å². The Balaban J connectivity index is 2.13. The predicted molar refractivity (Wildman–Crippen MR) is 106 cm³/mol. The van der Waals surface area contributed by atoms with Crippen molar-refractivity contribution in [2.75, 3.05) is 31.3 Å². The van der Waals surface area contributed by atoms with Crippen molar-refractivity contribution < 1.29 is 40.6 Å². The quantitative estimate of drug-likeness (QED) is 0.393. The van der Waals surface area contributed by atoms with Crippen LogP contribution in [0, 0.1) is 0 Å². The van der Waals surface area contributed by atoms with Crippen LogP contribution in [-0.2, 0) is 10.9 Å². The Hall–Kier alpha value is -2.43. The summed E-state index contributed by atoms with van der Waals surface area (Å²) in [6.07, 6.45) is -9.08. The SMILES string of the molecule is CCCOCC1COc2cc3nc(OC(C)C)cc(C(F)(F)F)c3cc2N1CC(F)(F)F. The number of halogens is 6. The molecule has 1 aliphatic heterocycles. The molecule has 0 bridgehead atoms. The van der Waals surface area contributed by atoms with E-state index in [2.05, 4.69) is 4.98 Å². The van der Waals surface area contributed by atoms with E-state index in [0.29, 0.717) is 13.0 Å². The first-order valence-electron chi connectivity index (χ1n) is 10.2. The van der Waals surface area contributed by atoms with Crippen LogP contribution in [-0.4, -0.2) is 49.7 Å². The van der Waals surface area contributed by atoms with E-state index in [-0.39, 0.29) is 41.4 Å². The maximum Gasteiger partial charge on any atom is 0.417 e. The van der Waals surface area contributed by atoms with E-state index in [1.165, 1.54) is 6.07 Å². The molecule has 1 atom stereocenters. The van der Waals surface area contributed by atoms with Gasteiger partial charge in [0.05, 0.1) is 35.5 Å². The Morgan fingerprint density at radius 2 is 1.88 bits per heavy atom. The molecular weight excluding hydrogens is 442 g/mol. The Kier molecular flexibility index (Phi) is 6.97. The standard InChI is InChI=1S/C21H24F6N2O3/c1-4-5-30-9-13-10-31-18-8-16-14(6-17(18)29(13)11-20(22,23)24)15(21(25,26)27)7-19(28-16)32-12(2)3/h6-8,12-13H,4-5,9-11H2,1-3H3. The molecule has 0 aliphatic carbocycles. The molecule has 1 aromatic carbocycles. The molecule has 0 fully saturated rings. The van der Waals surface area contributed by atoms with Gasteiger partial charge in [0, 0.05) is 24.1 Å². The summed E-state index contributed by atoms with van der Waals surface area (Å²) in [6.45, 7) is 3.99. The number of nitrogens with zero attached hydrogens (tertiary/aromatic N) is 2. The Morgan fingerprint density at radius 1 is 1.16 bits per heavy atom. The first kappa shape index (κ1) is 24.2. The molecule has 0 saturated carbocycles. The lowest BCUT2D eigenvalue weighted by Gasteiger charge is -2.39. The molecule has 2 heterocycles. The zero-order valence-electron chi connectivity index (χ0n) is 17.8. The van der Waals surface area contributed by atoms with Gasteiger partial charge in [0.2, 0.25) is 5.88 Å². The first-order valence-corrected chi connectivity index (χ1v) is 10.2. The number of aromatic nitrogens is 1. The van der Waals surface area contributed by atoms with Gasteiger partial charge in [-0.05, 0) is 26.3 Å². The van der Waals surface area contributed by atoms with Crippen molar-refractivity contribution in [3.63, 3.8) is 0 Å². The zero-order valence-corrected chi connectivity index (χ0v) is 17.8. The fraction of sp³-hybridized carbons (Fsp3) is 0.571. The van der Waals surface area contributed by atoms with Crippen LogP contribution in [0.2, 0.25) is 0 Å². The van der Waals surface area contributed by atoms with Gasteiger partial charge in [0.1, 0.15) is 18.9 Å². The van der Waals surface area contributed by atoms with Crippen molar-refractivity contribution in [1.29, 1.82) is 0 Å². The number of rotatable bonds is 7. The summed E-state index contributed by atoms with van der Waals surface area (Å²) in [4.78, 5) is 5.10. The van der Waals surface area contributed by atoms with Crippen LogP contribution in [0.4, 0.5) is 32.0 Å². The molecule has 0 spiro atoms. The van der Waals surface area contributed by atoms with Crippen LogP contribution >= 0.6 is 0 Å².